The minimum Gasteiger partial charge on any atom is -0.494 e. The standard InChI is InChI=1S/C17H24N2O3/c1-4-19(5-2)16(21)17(11-12-17)15(20)18-13-7-9-14(10-8-13)22-6-3/h7-10H,4-6,11-12H2,1-3H3,(H,18,20). The maximum absolute atomic E-state index is 12.5. The summed E-state index contributed by atoms with van der Waals surface area (Å²) >= 11 is 0. The number of benzene rings is 1. The van der Waals surface area contributed by atoms with Gasteiger partial charge in [-0.15, -0.1) is 0 Å². The van der Waals surface area contributed by atoms with E-state index in [9.17, 15) is 9.59 Å². The van der Waals surface area contributed by atoms with Crippen molar-refractivity contribution >= 4 is 17.5 Å². The molecule has 22 heavy (non-hydrogen) atoms. The van der Waals surface area contributed by atoms with Crippen LogP contribution in [0.4, 0.5) is 5.69 Å². The fourth-order valence-electron chi connectivity index (χ4n) is 2.53. The number of amides is 2. The molecular weight excluding hydrogens is 280 g/mol. The Morgan fingerprint density at radius 1 is 1.14 bits per heavy atom. The lowest BCUT2D eigenvalue weighted by Gasteiger charge is -2.24. The smallest absolute Gasteiger partial charge is 0.240 e. The Balaban J connectivity index is 2.03. The molecule has 1 N–H and O–H groups in total. The maximum atomic E-state index is 12.5. The molecule has 5 heteroatoms. The first-order chi connectivity index (χ1) is 10.6. The zero-order valence-corrected chi connectivity index (χ0v) is 13.5. The van der Waals surface area contributed by atoms with E-state index in [2.05, 4.69) is 5.32 Å². The average molecular weight is 304 g/mol. The molecule has 0 atom stereocenters. The summed E-state index contributed by atoms with van der Waals surface area (Å²) in [6.45, 7) is 7.66. The van der Waals surface area contributed by atoms with Gasteiger partial charge in [-0.1, -0.05) is 0 Å². The van der Waals surface area contributed by atoms with Gasteiger partial charge in [0.25, 0.3) is 0 Å². The summed E-state index contributed by atoms with van der Waals surface area (Å²) in [5.41, 5.74) is -0.169. The Hall–Kier alpha value is -2.04. The summed E-state index contributed by atoms with van der Waals surface area (Å²) in [6, 6.07) is 7.21. The molecular formula is C17H24N2O3. The molecule has 0 aromatic heterocycles. The van der Waals surface area contributed by atoms with Gasteiger partial charge in [0.15, 0.2) is 0 Å². The second kappa shape index (κ2) is 6.81. The van der Waals surface area contributed by atoms with Gasteiger partial charge in [-0.2, -0.15) is 0 Å². The van der Waals surface area contributed by atoms with Crippen molar-refractivity contribution in [3.63, 3.8) is 0 Å². The molecule has 0 aliphatic heterocycles. The highest BCUT2D eigenvalue weighted by Crippen LogP contribution is 2.48. The predicted octanol–water partition coefficient (Wildman–Crippen LogP) is 2.67. The molecule has 0 saturated heterocycles. The zero-order valence-electron chi connectivity index (χ0n) is 13.5. The van der Waals surface area contributed by atoms with E-state index in [1.165, 1.54) is 0 Å². The molecule has 0 radical (unpaired) electrons. The molecule has 0 unspecified atom stereocenters. The number of ether oxygens (including phenoxy) is 1. The fourth-order valence-corrected chi connectivity index (χ4v) is 2.53. The molecule has 2 rings (SSSR count). The van der Waals surface area contributed by atoms with Gasteiger partial charge in [0.2, 0.25) is 11.8 Å². The van der Waals surface area contributed by atoms with E-state index in [4.69, 9.17) is 4.74 Å². The van der Waals surface area contributed by atoms with Gasteiger partial charge in [0.05, 0.1) is 6.61 Å². The first-order valence-corrected chi connectivity index (χ1v) is 7.91. The Morgan fingerprint density at radius 3 is 2.18 bits per heavy atom. The third-order valence-corrected chi connectivity index (χ3v) is 4.07. The SMILES string of the molecule is CCOc1ccc(NC(=O)C2(C(=O)N(CC)CC)CC2)cc1. The van der Waals surface area contributed by atoms with Crippen LogP contribution in [-0.2, 0) is 9.59 Å². The molecule has 1 aliphatic carbocycles. The highest BCUT2D eigenvalue weighted by molar-refractivity contribution is 6.13. The zero-order chi connectivity index (χ0) is 16.2. The number of carbonyl (C=O) groups excluding carboxylic acids is 2. The number of carbonyl (C=O) groups is 2. The van der Waals surface area contributed by atoms with E-state index in [0.29, 0.717) is 38.2 Å². The Morgan fingerprint density at radius 2 is 1.73 bits per heavy atom. The van der Waals surface area contributed by atoms with Crippen LogP contribution in [0.2, 0.25) is 0 Å². The van der Waals surface area contributed by atoms with Gasteiger partial charge in [-0.3, -0.25) is 9.59 Å². The van der Waals surface area contributed by atoms with Crippen molar-refractivity contribution in [3.05, 3.63) is 24.3 Å². The van der Waals surface area contributed by atoms with Crippen LogP contribution in [0, 0.1) is 5.41 Å². The van der Waals surface area contributed by atoms with Crippen LogP contribution in [0.1, 0.15) is 33.6 Å². The van der Waals surface area contributed by atoms with Gasteiger partial charge in [0, 0.05) is 18.8 Å². The fraction of sp³-hybridized carbons (Fsp3) is 0.529. The topological polar surface area (TPSA) is 58.6 Å². The lowest BCUT2D eigenvalue weighted by molar-refractivity contribution is -0.141. The van der Waals surface area contributed by atoms with E-state index in [-0.39, 0.29) is 11.8 Å². The quantitative estimate of drug-likeness (QED) is 0.788. The van der Waals surface area contributed by atoms with Crippen LogP contribution in [0.15, 0.2) is 24.3 Å². The summed E-state index contributed by atoms with van der Waals surface area (Å²) < 4.78 is 5.37. The second-order valence-electron chi connectivity index (χ2n) is 5.47. The molecule has 1 aromatic rings. The van der Waals surface area contributed by atoms with E-state index < -0.39 is 5.41 Å². The van der Waals surface area contributed by atoms with Crippen LogP contribution in [0.5, 0.6) is 5.75 Å². The van der Waals surface area contributed by atoms with Gasteiger partial charge >= 0.3 is 0 Å². The third kappa shape index (κ3) is 3.24. The van der Waals surface area contributed by atoms with Crippen LogP contribution in [0.3, 0.4) is 0 Å². The maximum Gasteiger partial charge on any atom is 0.240 e. The molecule has 5 nitrogen and oxygen atoms in total. The van der Waals surface area contributed by atoms with Crippen molar-refractivity contribution < 1.29 is 14.3 Å². The number of nitrogens with one attached hydrogen (secondary N) is 1. The Labute approximate surface area is 131 Å². The molecule has 1 aromatic carbocycles. The highest BCUT2D eigenvalue weighted by Gasteiger charge is 2.57. The highest BCUT2D eigenvalue weighted by atomic mass is 16.5. The summed E-state index contributed by atoms with van der Waals surface area (Å²) in [6.07, 6.45) is 1.26. The second-order valence-corrected chi connectivity index (χ2v) is 5.47. The van der Waals surface area contributed by atoms with E-state index in [1.54, 1.807) is 17.0 Å². The van der Waals surface area contributed by atoms with Gasteiger partial charge < -0.3 is 15.0 Å². The number of hydrogen-bond acceptors (Lipinski definition) is 3. The van der Waals surface area contributed by atoms with Gasteiger partial charge in [-0.05, 0) is 57.9 Å². The summed E-state index contributed by atoms with van der Waals surface area (Å²) in [7, 11) is 0. The van der Waals surface area contributed by atoms with E-state index >= 15 is 0 Å². The largest absolute Gasteiger partial charge is 0.494 e. The van der Waals surface area contributed by atoms with Crippen LogP contribution in [0.25, 0.3) is 0 Å². The molecule has 1 aliphatic rings. The molecule has 2 amide bonds. The average Bonchev–Trinajstić information content (AvgIpc) is 3.32. The normalized spacial score (nSPS) is 15.0. The summed E-state index contributed by atoms with van der Waals surface area (Å²) in [5, 5.41) is 2.86. The van der Waals surface area contributed by atoms with Crippen molar-refractivity contribution in [2.75, 3.05) is 25.0 Å². The molecule has 0 heterocycles. The number of nitrogens with zero attached hydrogens (tertiary/aromatic N) is 1. The lowest BCUT2D eigenvalue weighted by atomic mass is 10.0. The van der Waals surface area contributed by atoms with E-state index in [1.807, 2.05) is 32.9 Å². The first kappa shape index (κ1) is 16.3. The summed E-state index contributed by atoms with van der Waals surface area (Å²) in [5.74, 6) is 0.510. The van der Waals surface area contributed by atoms with Crippen molar-refractivity contribution in [2.45, 2.75) is 33.6 Å². The number of hydrogen-bond donors (Lipinski definition) is 1. The minimum absolute atomic E-state index is 0.0547. The Bertz CT molecular complexity index is 531. The predicted molar refractivity (Wildman–Crippen MR) is 85.8 cm³/mol. The van der Waals surface area contributed by atoms with Crippen molar-refractivity contribution in [1.82, 2.24) is 4.90 Å². The monoisotopic (exact) mass is 304 g/mol. The molecule has 1 saturated carbocycles. The van der Waals surface area contributed by atoms with Crippen LogP contribution in [-0.4, -0.2) is 36.4 Å². The van der Waals surface area contributed by atoms with Gasteiger partial charge in [-0.25, -0.2) is 0 Å². The minimum atomic E-state index is -0.857. The molecule has 0 spiro atoms. The number of anilines is 1. The molecule has 1 fully saturated rings. The molecule has 0 bridgehead atoms. The lowest BCUT2D eigenvalue weighted by Crippen LogP contribution is -2.42. The van der Waals surface area contributed by atoms with Gasteiger partial charge in [0.1, 0.15) is 11.2 Å². The van der Waals surface area contributed by atoms with Crippen LogP contribution < -0.4 is 10.1 Å². The van der Waals surface area contributed by atoms with Crippen molar-refractivity contribution in [2.24, 2.45) is 5.41 Å². The summed E-state index contributed by atoms with van der Waals surface area (Å²) in [4.78, 5) is 26.7. The number of rotatable bonds is 7. The van der Waals surface area contributed by atoms with Crippen LogP contribution >= 0.6 is 0 Å². The first-order valence-electron chi connectivity index (χ1n) is 7.91. The van der Waals surface area contributed by atoms with Crippen molar-refractivity contribution in [1.29, 1.82) is 0 Å². The Kier molecular flexibility index (Phi) is 5.06. The van der Waals surface area contributed by atoms with Crippen molar-refractivity contribution in [3.8, 4) is 5.75 Å². The third-order valence-electron chi connectivity index (χ3n) is 4.07. The molecule has 120 valence electrons. The van der Waals surface area contributed by atoms with E-state index in [0.717, 1.165) is 5.75 Å².